The second-order valence-electron chi connectivity index (χ2n) is 7.55. The summed E-state index contributed by atoms with van der Waals surface area (Å²) >= 11 is 0. The summed E-state index contributed by atoms with van der Waals surface area (Å²) in [5.74, 6) is 0. The zero-order valence-electron chi connectivity index (χ0n) is 13.5. The highest BCUT2D eigenvalue weighted by Gasteiger charge is 2.09. The third-order valence-electron chi connectivity index (χ3n) is 2.80. The fourth-order valence-electron chi connectivity index (χ4n) is 1.73. The van der Waals surface area contributed by atoms with Crippen LogP contribution in [0, 0.1) is 10.8 Å². The molecule has 0 radical (unpaired) electrons. The van der Waals surface area contributed by atoms with Crippen molar-refractivity contribution in [3.8, 4) is 0 Å². The van der Waals surface area contributed by atoms with E-state index in [1.165, 1.54) is 12.8 Å². The van der Waals surface area contributed by atoms with Crippen molar-refractivity contribution in [1.82, 2.24) is 0 Å². The first-order chi connectivity index (χ1) is 8.21. The maximum atomic E-state index is 5.55. The lowest BCUT2D eigenvalue weighted by Crippen LogP contribution is -2.11. The van der Waals surface area contributed by atoms with Crippen LogP contribution in [0.4, 0.5) is 0 Å². The lowest BCUT2D eigenvalue weighted by molar-refractivity contribution is 0.0410. The predicted octanol–water partition coefficient (Wildman–Crippen LogP) is 4.67. The van der Waals surface area contributed by atoms with Gasteiger partial charge in [0.25, 0.3) is 0 Å². The quantitative estimate of drug-likeness (QED) is 0.559. The fourth-order valence-corrected chi connectivity index (χ4v) is 1.73. The average molecular weight is 258 g/mol. The third-order valence-corrected chi connectivity index (χ3v) is 2.80. The Kier molecular flexibility index (Phi) is 8.89. The van der Waals surface area contributed by atoms with E-state index in [2.05, 4.69) is 41.5 Å². The van der Waals surface area contributed by atoms with Crippen molar-refractivity contribution in [3.05, 3.63) is 0 Å². The van der Waals surface area contributed by atoms with E-state index in [0.717, 1.165) is 39.3 Å². The molecule has 0 aliphatic carbocycles. The minimum atomic E-state index is 0.423. The van der Waals surface area contributed by atoms with Gasteiger partial charge in [0, 0.05) is 13.2 Å². The summed E-state index contributed by atoms with van der Waals surface area (Å²) in [6, 6.07) is 0. The molecule has 0 aromatic heterocycles. The first-order valence-corrected chi connectivity index (χ1v) is 7.36. The fraction of sp³-hybridized carbons (Fsp3) is 1.00. The summed E-state index contributed by atoms with van der Waals surface area (Å²) in [4.78, 5) is 0. The van der Waals surface area contributed by atoms with E-state index in [-0.39, 0.29) is 0 Å². The van der Waals surface area contributed by atoms with Gasteiger partial charge in [-0.1, -0.05) is 41.5 Å². The number of hydrogen-bond donors (Lipinski definition) is 0. The van der Waals surface area contributed by atoms with Crippen molar-refractivity contribution in [3.63, 3.8) is 0 Å². The molecule has 18 heavy (non-hydrogen) atoms. The topological polar surface area (TPSA) is 18.5 Å². The van der Waals surface area contributed by atoms with Crippen LogP contribution >= 0.6 is 0 Å². The Labute approximate surface area is 114 Å². The van der Waals surface area contributed by atoms with Crippen LogP contribution in [0.15, 0.2) is 0 Å². The van der Waals surface area contributed by atoms with Crippen molar-refractivity contribution < 1.29 is 9.47 Å². The second-order valence-corrected chi connectivity index (χ2v) is 7.55. The van der Waals surface area contributed by atoms with Crippen LogP contribution in [0.1, 0.15) is 67.2 Å². The Hall–Kier alpha value is -0.0800. The monoisotopic (exact) mass is 258 g/mol. The van der Waals surface area contributed by atoms with E-state index in [9.17, 15) is 0 Å². The summed E-state index contributed by atoms with van der Waals surface area (Å²) in [5.41, 5.74) is 0.847. The van der Waals surface area contributed by atoms with Gasteiger partial charge in [-0.25, -0.2) is 0 Å². The zero-order valence-corrected chi connectivity index (χ0v) is 13.5. The Morgan fingerprint density at radius 1 is 0.556 bits per heavy atom. The van der Waals surface area contributed by atoms with Crippen LogP contribution in [-0.2, 0) is 9.47 Å². The van der Waals surface area contributed by atoms with Crippen LogP contribution in [0.5, 0.6) is 0 Å². The van der Waals surface area contributed by atoms with Gasteiger partial charge in [0.05, 0.1) is 13.2 Å². The number of rotatable bonds is 9. The molecule has 2 nitrogen and oxygen atoms in total. The molecular formula is C16H34O2. The van der Waals surface area contributed by atoms with Gasteiger partial charge in [0.1, 0.15) is 0 Å². The van der Waals surface area contributed by atoms with Crippen molar-refractivity contribution in [2.45, 2.75) is 67.2 Å². The van der Waals surface area contributed by atoms with Gasteiger partial charge in [-0.15, -0.1) is 0 Å². The van der Waals surface area contributed by atoms with Gasteiger partial charge in [-0.05, 0) is 36.5 Å². The molecule has 0 aliphatic rings. The molecule has 0 rings (SSSR count). The third kappa shape index (κ3) is 15.9. The molecule has 0 aromatic carbocycles. The standard InChI is InChI=1S/C16H34O2/c1-15(2,3)9-7-11-17-13-14-18-12-8-10-16(4,5)6/h7-14H2,1-6H3. The highest BCUT2D eigenvalue weighted by Crippen LogP contribution is 2.20. The Balaban J connectivity index is 3.13. The van der Waals surface area contributed by atoms with E-state index < -0.39 is 0 Å². The zero-order chi connectivity index (χ0) is 14.1. The van der Waals surface area contributed by atoms with Crippen molar-refractivity contribution in [1.29, 1.82) is 0 Å². The molecule has 0 aliphatic heterocycles. The van der Waals surface area contributed by atoms with E-state index in [1.54, 1.807) is 0 Å². The highest BCUT2D eigenvalue weighted by molar-refractivity contribution is 4.61. The molecule has 0 bridgehead atoms. The van der Waals surface area contributed by atoms with Crippen molar-refractivity contribution >= 4 is 0 Å². The smallest absolute Gasteiger partial charge is 0.0700 e. The van der Waals surface area contributed by atoms with Gasteiger partial charge in [-0.2, -0.15) is 0 Å². The minimum absolute atomic E-state index is 0.423. The normalized spacial score (nSPS) is 13.0. The van der Waals surface area contributed by atoms with Gasteiger partial charge in [0.15, 0.2) is 0 Å². The Morgan fingerprint density at radius 3 is 1.17 bits per heavy atom. The summed E-state index contributed by atoms with van der Waals surface area (Å²) < 4.78 is 11.1. The first kappa shape index (κ1) is 17.9. The summed E-state index contributed by atoms with van der Waals surface area (Å²) in [7, 11) is 0. The Morgan fingerprint density at radius 2 is 0.889 bits per heavy atom. The molecule has 0 fully saturated rings. The van der Waals surface area contributed by atoms with Gasteiger partial charge < -0.3 is 9.47 Å². The summed E-state index contributed by atoms with van der Waals surface area (Å²) in [5, 5.41) is 0. The molecule has 0 amide bonds. The predicted molar refractivity (Wildman–Crippen MR) is 79.0 cm³/mol. The lowest BCUT2D eigenvalue weighted by atomic mass is 9.91. The largest absolute Gasteiger partial charge is 0.379 e. The molecule has 0 heterocycles. The van der Waals surface area contributed by atoms with E-state index in [4.69, 9.17) is 9.47 Å². The van der Waals surface area contributed by atoms with Gasteiger partial charge >= 0.3 is 0 Å². The molecule has 0 unspecified atom stereocenters. The van der Waals surface area contributed by atoms with Crippen LogP contribution in [-0.4, -0.2) is 26.4 Å². The molecule has 2 heteroatoms. The maximum Gasteiger partial charge on any atom is 0.0700 e. The number of hydrogen-bond acceptors (Lipinski definition) is 2. The van der Waals surface area contributed by atoms with Crippen LogP contribution in [0.2, 0.25) is 0 Å². The molecule has 0 atom stereocenters. The molecule has 0 saturated heterocycles. The van der Waals surface area contributed by atoms with Crippen LogP contribution in [0.25, 0.3) is 0 Å². The van der Waals surface area contributed by atoms with E-state index in [0.29, 0.717) is 10.8 Å². The molecular weight excluding hydrogens is 224 g/mol. The van der Waals surface area contributed by atoms with Crippen molar-refractivity contribution in [2.75, 3.05) is 26.4 Å². The highest BCUT2D eigenvalue weighted by atomic mass is 16.5. The SMILES string of the molecule is CC(C)(C)CCCOCCOCCCC(C)(C)C. The maximum absolute atomic E-state index is 5.55. The Bertz CT molecular complexity index is 164. The lowest BCUT2D eigenvalue weighted by Gasteiger charge is -2.18. The average Bonchev–Trinajstić information content (AvgIpc) is 2.17. The molecule has 110 valence electrons. The van der Waals surface area contributed by atoms with E-state index in [1.807, 2.05) is 0 Å². The summed E-state index contributed by atoms with van der Waals surface area (Å²) in [6.45, 7) is 16.8. The molecule has 0 N–H and O–H groups in total. The number of ether oxygens (including phenoxy) is 2. The second kappa shape index (κ2) is 8.92. The minimum Gasteiger partial charge on any atom is -0.379 e. The van der Waals surface area contributed by atoms with E-state index >= 15 is 0 Å². The van der Waals surface area contributed by atoms with Gasteiger partial charge in [-0.3, -0.25) is 0 Å². The molecule has 0 spiro atoms. The summed E-state index contributed by atoms with van der Waals surface area (Å²) in [6.07, 6.45) is 4.74. The van der Waals surface area contributed by atoms with Crippen LogP contribution in [0.3, 0.4) is 0 Å². The van der Waals surface area contributed by atoms with Crippen molar-refractivity contribution in [2.24, 2.45) is 10.8 Å². The van der Waals surface area contributed by atoms with Gasteiger partial charge in [0.2, 0.25) is 0 Å². The van der Waals surface area contributed by atoms with Crippen LogP contribution < -0.4 is 0 Å². The first-order valence-electron chi connectivity index (χ1n) is 7.36. The molecule has 0 saturated carbocycles. The molecule has 0 aromatic rings.